The second kappa shape index (κ2) is 7.80. The Morgan fingerprint density at radius 3 is 2.42 bits per heavy atom. The number of carboxylic acid groups (broad SMARTS) is 1. The van der Waals surface area contributed by atoms with Crippen molar-refractivity contribution in [2.75, 3.05) is 0 Å². The largest absolute Gasteiger partial charge is 0.478 e. The zero-order valence-corrected chi connectivity index (χ0v) is 15.8. The molecule has 0 unspecified atom stereocenters. The van der Waals surface area contributed by atoms with Gasteiger partial charge in [-0.15, -0.1) is 0 Å². The van der Waals surface area contributed by atoms with E-state index in [-0.39, 0.29) is 24.5 Å². The van der Waals surface area contributed by atoms with Crippen molar-refractivity contribution in [2.24, 2.45) is 5.92 Å². The SMILES string of the molecule is C=C(C(=O)O)[C@@H]1CC[C@@](C)(O)[C@@H](O)CCC(=C)[C@H]2CC[C@@](C)(O2)[C@H](O)C1. The van der Waals surface area contributed by atoms with Gasteiger partial charge in [-0.2, -0.15) is 0 Å². The molecule has 26 heavy (non-hydrogen) atoms. The molecule has 0 aromatic heterocycles. The molecule has 0 aromatic rings. The fourth-order valence-electron chi connectivity index (χ4n) is 3.95. The molecule has 2 saturated heterocycles. The van der Waals surface area contributed by atoms with E-state index in [1.54, 1.807) is 6.92 Å². The molecular formula is C20H32O6. The molecular weight excluding hydrogens is 336 g/mol. The molecule has 6 atom stereocenters. The molecule has 2 aliphatic rings. The summed E-state index contributed by atoms with van der Waals surface area (Å²) < 4.78 is 6.09. The molecule has 0 spiro atoms. The zero-order valence-electron chi connectivity index (χ0n) is 15.8. The van der Waals surface area contributed by atoms with Gasteiger partial charge in [0, 0.05) is 5.57 Å². The smallest absolute Gasteiger partial charge is 0.331 e. The van der Waals surface area contributed by atoms with Gasteiger partial charge in [-0.1, -0.05) is 13.2 Å². The molecule has 2 fully saturated rings. The van der Waals surface area contributed by atoms with Gasteiger partial charge in [0.2, 0.25) is 0 Å². The van der Waals surface area contributed by atoms with Gasteiger partial charge in [0.1, 0.15) is 0 Å². The maximum Gasteiger partial charge on any atom is 0.331 e. The molecule has 2 aliphatic heterocycles. The highest BCUT2D eigenvalue weighted by atomic mass is 16.5. The lowest BCUT2D eigenvalue weighted by molar-refractivity contribution is -0.134. The molecule has 2 heterocycles. The fraction of sp³-hybridized carbons (Fsp3) is 0.750. The second-order valence-corrected chi connectivity index (χ2v) is 8.35. The van der Waals surface area contributed by atoms with E-state index in [4.69, 9.17) is 4.74 Å². The third-order valence-corrected chi connectivity index (χ3v) is 6.21. The van der Waals surface area contributed by atoms with Crippen molar-refractivity contribution in [1.82, 2.24) is 0 Å². The number of carbonyl (C=O) groups is 1. The van der Waals surface area contributed by atoms with E-state index in [0.29, 0.717) is 25.7 Å². The van der Waals surface area contributed by atoms with Crippen molar-refractivity contribution < 1.29 is 30.0 Å². The van der Waals surface area contributed by atoms with Crippen LogP contribution in [0.2, 0.25) is 0 Å². The summed E-state index contributed by atoms with van der Waals surface area (Å²) in [4.78, 5) is 11.4. The summed E-state index contributed by atoms with van der Waals surface area (Å²) >= 11 is 0. The van der Waals surface area contributed by atoms with Crippen molar-refractivity contribution >= 4 is 5.97 Å². The van der Waals surface area contributed by atoms with E-state index in [9.17, 15) is 25.2 Å². The lowest BCUT2D eigenvalue weighted by atomic mass is 9.79. The zero-order chi connectivity index (χ0) is 19.7. The average molecular weight is 368 g/mol. The Bertz CT molecular complexity index is 569. The summed E-state index contributed by atoms with van der Waals surface area (Å²) in [5.41, 5.74) is -1.26. The summed E-state index contributed by atoms with van der Waals surface area (Å²) in [6.45, 7) is 11.1. The van der Waals surface area contributed by atoms with Crippen LogP contribution in [0.3, 0.4) is 0 Å². The van der Waals surface area contributed by atoms with Crippen molar-refractivity contribution in [3.8, 4) is 0 Å². The predicted octanol–water partition coefficient (Wildman–Crippen LogP) is 2.17. The molecule has 6 heteroatoms. The molecule has 0 aromatic carbocycles. The molecule has 2 bridgehead atoms. The lowest BCUT2D eigenvalue weighted by Gasteiger charge is -2.34. The Kier molecular flexibility index (Phi) is 6.33. The maximum absolute atomic E-state index is 11.4. The first-order valence-electron chi connectivity index (χ1n) is 9.32. The monoisotopic (exact) mass is 368 g/mol. The van der Waals surface area contributed by atoms with Crippen LogP contribution in [0.4, 0.5) is 0 Å². The molecule has 2 rings (SSSR count). The van der Waals surface area contributed by atoms with E-state index >= 15 is 0 Å². The number of aliphatic hydroxyl groups excluding tert-OH is 2. The van der Waals surface area contributed by atoms with Crippen LogP contribution in [-0.2, 0) is 9.53 Å². The normalized spacial score (nSPS) is 42.4. The average Bonchev–Trinajstić information content (AvgIpc) is 2.98. The van der Waals surface area contributed by atoms with E-state index in [0.717, 1.165) is 12.0 Å². The van der Waals surface area contributed by atoms with Gasteiger partial charge >= 0.3 is 5.97 Å². The van der Waals surface area contributed by atoms with Gasteiger partial charge < -0.3 is 25.2 Å². The number of hydrogen-bond donors (Lipinski definition) is 4. The van der Waals surface area contributed by atoms with Crippen LogP contribution in [0.1, 0.15) is 58.8 Å². The third kappa shape index (κ3) is 4.55. The summed E-state index contributed by atoms with van der Waals surface area (Å²) in [6, 6.07) is 0. The Hall–Kier alpha value is -1.21. The summed E-state index contributed by atoms with van der Waals surface area (Å²) in [5.74, 6) is -1.62. The van der Waals surface area contributed by atoms with Crippen LogP contribution in [0.5, 0.6) is 0 Å². The Labute approximate surface area is 155 Å². The first-order valence-corrected chi connectivity index (χ1v) is 9.32. The number of rotatable bonds is 2. The first-order chi connectivity index (χ1) is 12.0. The number of fused-ring (bicyclic) bond motifs is 2. The Morgan fingerprint density at radius 1 is 1.15 bits per heavy atom. The van der Waals surface area contributed by atoms with Crippen LogP contribution >= 0.6 is 0 Å². The predicted molar refractivity (Wildman–Crippen MR) is 97.6 cm³/mol. The summed E-state index contributed by atoms with van der Waals surface area (Å²) in [6.07, 6.45) is 0.982. The third-order valence-electron chi connectivity index (χ3n) is 6.21. The standard InChI is InChI=1S/C20H32O6/c1-12-5-6-16(21)19(3,25)9-7-14(13(2)18(23)24)11-17(22)20(4)10-8-15(12)26-20/h14-17,21-22,25H,1-2,5-11H2,3-4H3,(H,23,24)/t14-,15-,16+,17-,19-,20-/m1/s1. The summed E-state index contributed by atoms with van der Waals surface area (Å²) in [7, 11) is 0. The van der Waals surface area contributed by atoms with Crippen LogP contribution in [0.25, 0.3) is 0 Å². The van der Waals surface area contributed by atoms with Crippen molar-refractivity contribution in [3.05, 3.63) is 24.3 Å². The van der Waals surface area contributed by atoms with Crippen molar-refractivity contribution in [1.29, 1.82) is 0 Å². The molecule has 4 N–H and O–H groups in total. The number of hydrogen-bond acceptors (Lipinski definition) is 5. The molecule has 0 saturated carbocycles. The highest BCUT2D eigenvalue weighted by Crippen LogP contribution is 2.40. The fourth-order valence-corrected chi connectivity index (χ4v) is 3.95. The van der Waals surface area contributed by atoms with Gasteiger partial charge in [-0.25, -0.2) is 4.79 Å². The maximum atomic E-state index is 11.4. The number of aliphatic hydroxyl groups is 3. The van der Waals surface area contributed by atoms with E-state index < -0.39 is 35.3 Å². The molecule has 0 aliphatic carbocycles. The van der Waals surface area contributed by atoms with Gasteiger partial charge in [0.05, 0.1) is 29.5 Å². The molecule has 0 radical (unpaired) electrons. The van der Waals surface area contributed by atoms with Crippen LogP contribution in [-0.4, -0.2) is 55.9 Å². The van der Waals surface area contributed by atoms with E-state index in [1.807, 2.05) is 6.92 Å². The second-order valence-electron chi connectivity index (χ2n) is 8.35. The minimum absolute atomic E-state index is 0.00627. The van der Waals surface area contributed by atoms with E-state index in [1.165, 1.54) is 0 Å². The van der Waals surface area contributed by atoms with Gasteiger partial charge in [0.25, 0.3) is 0 Å². The molecule has 148 valence electrons. The van der Waals surface area contributed by atoms with Crippen LogP contribution < -0.4 is 0 Å². The summed E-state index contributed by atoms with van der Waals surface area (Å²) in [5, 5.41) is 41.1. The highest BCUT2D eigenvalue weighted by molar-refractivity contribution is 5.86. The van der Waals surface area contributed by atoms with E-state index in [2.05, 4.69) is 13.2 Å². The van der Waals surface area contributed by atoms with Crippen LogP contribution in [0, 0.1) is 5.92 Å². The van der Waals surface area contributed by atoms with Gasteiger partial charge in [-0.3, -0.25) is 0 Å². The van der Waals surface area contributed by atoms with Gasteiger partial charge in [0.15, 0.2) is 0 Å². The first kappa shape index (κ1) is 21.1. The minimum Gasteiger partial charge on any atom is -0.478 e. The number of ether oxygens (including phenoxy) is 1. The number of aliphatic carboxylic acids is 1. The van der Waals surface area contributed by atoms with Crippen LogP contribution in [0.15, 0.2) is 24.3 Å². The topological polar surface area (TPSA) is 107 Å². The lowest BCUT2D eigenvalue weighted by Crippen LogP contribution is -2.42. The molecule has 0 amide bonds. The number of carboxylic acids is 1. The minimum atomic E-state index is -1.35. The molecule has 6 nitrogen and oxygen atoms in total. The highest BCUT2D eigenvalue weighted by Gasteiger charge is 2.44. The van der Waals surface area contributed by atoms with Crippen molar-refractivity contribution in [3.63, 3.8) is 0 Å². The Balaban J connectivity index is 2.29. The van der Waals surface area contributed by atoms with Gasteiger partial charge in [-0.05, 0) is 70.3 Å². The van der Waals surface area contributed by atoms with Crippen molar-refractivity contribution in [2.45, 2.75) is 88.3 Å². The Morgan fingerprint density at radius 2 is 1.81 bits per heavy atom. The quantitative estimate of drug-likeness (QED) is 0.440.